The highest BCUT2D eigenvalue weighted by Gasteiger charge is 2.03. The first-order valence-electron chi connectivity index (χ1n) is 5.32. The Morgan fingerprint density at radius 1 is 1.31 bits per heavy atom. The largest absolute Gasteiger partial charge is 0.487 e. The van der Waals surface area contributed by atoms with Gasteiger partial charge in [0.05, 0.1) is 18.2 Å². The molecule has 2 rings (SSSR count). The molecule has 1 heterocycles. The molecule has 1 aromatic carbocycles. The molecule has 84 valence electrons. The van der Waals surface area contributed by atoms with Gasteiger partial charge in [-0.25, -0.2) is 4.98 Å². The van der Waals surface area contributed by atoms with E-state index in [2.05, 4.69) is 24.9 Å². The number of aryl methyl sites for hydroxylation is 2. The van der Waals surface area contributed by atoms with Gasteiger partial charge in [-0.05, 0) is 31.0 Å². The summed E-state index contributed by atoms with van der Waals surface area (Å²) in [5.41, 5.74) is 3.52. The Labute approximate surface area is 95.7 Å². The monoisotopic (exact) mass is 216 g/mol. The summed E-state index contributed by atoms with van der Waals surface area (Å²) in [5.74, 6) is 0.946. The maximum atomic E-state index is 5.78. The van der Waals surface area contributed by atoms with Gasteiger partial charge in [-0.3, -0.25) is 0 Å². The topological polar surface area (TPSA) is 27.1 Å². The van der Waals surface area contributed by atoms with E-state index in [4.69, 9.17) is 4.74 Å². The zero-order valence-corrected chi connectivity index (χ0v) is 9.90. The number of rotatable bonds is 3. The summed E-state index contributed by atoms with van der Waals surface area (Å²) in [6.45, 7) is 4.72. The third-order valence-electron chi connectivity index (χ3n) is 2.85. The van der Waals surface area contributed by atoms with Gasteiger partial charge in [0.1, 0.15) is 12.4 Å². The molecule has 0 atom stereocenters. The van der Waals surface area contributed by atoms with Crippen molar-refractivity contribution in [2.45, 2.75) is 20.5 Å². The minimum absolute atomic E-state index is 0.556. The maximum absolute atomic E-state index is 5.78. The Bertz CT molecular complexity index is 488. The fraction of sp³-hybridized carbons (Fsp3) is 0.308. The first kappa shape index (κ1) is 10.7. The van der Waals surface area contributed by atoms with Crippen LogP contribution >= 0.6 is 0 Å². The van der Waals surface area contributed by atoms with Gasteiger partial charge in [0.15, 0.2) is 0 Å². The molecule has 0 aliphatic carbocycles. The number of nitrogens with zero attached hydrogens (tertiary/aromatic N) is 2. The van der Waals surface area contributed by atoms with E-state index in [-0.39, 0.29) is 0 Å². The third kappa shape index (κ3) is 2.08. The lowest BCUT2D eigenvalue weighted by Gasteiger charge is -2.10. The average Bonchev–Trinajstić information content (AvgIpc) is 2.67. The molecule has 0 amide bonds. The molecule has 0 saturated heterocycles. The van der Waals surface area contributed by atoms with E-state index < -0.39 is 0 Å². The summed E-state index contributed by atoms with van der Waals surface area (Å²) >= 11 is 0. The average molecular weight is 216 g/mol. The molecule has 1 aromatic heterocycles. The fourth-order valence-corrected chi connectivity index (χ4v) is 1.56. The second-order valence-corrected chi connectivity index (χ2v) is 3.98. The highest BCUT2D eigenvalue weighted by Crippen LogP contribution is 2.21. The Balaban J connectivity index is 2.11. The number of aromatic nitrogens is 2. The van der Waals surface area contributed by atoms with Crippen LogP contribution in [-0.2, 0) is 13.7 Å². The SMILES string of the molecule is Cc1cccc(OCc2cncn2C)c1C. The Kier molecular flexibility index (Phi) is 2.95. The van der Waals surface area contributed by atoms with E-state index in [1.54, 1.807) is 6.33 Å². The lowest BCUT2D eigenvalue weighted by atomic mass is 10.1. The van der Waals surface area contributed by atoms with E-state index in [0.717, 1.165) is 11.4 Å². The number of hydrogen-bond acceptors (Lipinski definition) is 2. The van der Waals surface area contributed by atoms with Crippen molar-refractivity contribution in [3.63, 3.8) is 0 Å². The van der Waals surface area contributed by atoms with Crippen LogP contribution in [0.4, 0.5) is 0 Å². The number of benzene rings is 1. The molecule has 2 aromatic rings. The zero-order valence-electron chi connectivity index (χ0n) is 9.90. The minimum atomic E-state index is 0.556. The van der Waals surface area contributed by atoms with Gasteiger partial charge < -0.3 is 9.30 Å². The second-order valence-electron chi connectivity index (χ2n) is 3.98. The molecule has 0 bridgehead atoms. The molecule has 0 radical (unpaired) electrons. The van der Waals surface area contributed by atoms with Gasteiger partial charge in [0.25, 0.3) is 0 Å². The molecular formula is C13H16N2O. The van der Waals surface area contributed by atoms with Crippen LogP contribution in [0.3, 0.4) is 0 Å². The summed E-state index contributed by atoms with van der Waals surface area (Å²) in [7, 11) is 1.97. The maximum Gasteiger partial charge on any atom is 0.130 e. The summed E-state index contributed by atoms with van der Waals surface area (Å²) < 4.78 is 7.75. The van der Waals surface area contributed by atoms with E-state index in [9.17, 15) is 0 Å². The molecule has 3 heteroatoms. The van der Waals surface area contributed by atoms with Gasteiger partial charge in [-0.2, -0.15) is 0 Å². The van der Waals surface area contributed by atoms with E-state index in [1.165, 1.54) is 11.1 Å². The molecule has 0 saturated carbocycles. The van der Waals surface area contributed by atoms with Crippen LogP contribution in [-0.4, -0.2) is 9.55 Å². The van der Waals surface area contributed by atoms with Gasteiger partial charge in [0.2, 0.25) is 0 Å². The first-order chi connectivity index (χ1) is 7.68. The van der Waals surface area contributed by atoms with Crippen molar-refractivity contribution in [1.82, 2.24) is 9.55 Å². The van der Waals surface area contributed by atoms with Gasteiger partial charge in [-0.15, -0.1) is 0 Å². The summed E-state index contributed by atoms with van der Waals surface area (Å²) in [5, 5.41) is 0. The molecule has 0 fully saturated rings. The molecule has 16 heavy (non-hydrogen) atoms. The lowest BCUT2D eigenvalue weighted by molar-refractivity contribution is 0.295. The van der Waals surface area contributed by atoms with Crippen LogP contribution < -0.4 is 4.74 Å². The predicted octanol–water partition coefficient (Wildman–Crippen LogP) is 2.62. The normalized spacial score (nSPS) is 10.4. The van der Waals surface area contributed by atoms with Crippen molar-refractivity contribution in [3.8, 4) is 5.75 Å². The van der Waals surface area contributed by atoms with Crippen molar-refractivity contribution in [1.29, 1.82) is 0 Å². The fourth-order valence-electron chi connectivity index (χ4n) is 1.56. The Hall–Kier alpha value is -1.77. The van der Waals surface area contributed by atoms with Crippen molar-refractivity contribution in [2.24, 2.45) is 7.05 Å². The standard InChI is InChI=1S/C13H16N2O/c1-10-5-4-6-13(11(10)2)16-8-12-7-14-9-15(12)3/h4-7,9H,8H2,1-3H3. The molecule has 0 aliphatic heterocycles. The second kappa shape index (κ2) is 4.39. The van der Waals surface area contributed by atoms with Gasteiger partial charge >= 0.3 is 0 Å². The summed E-state index contributed by atoms with van der Waals surface area (Å²) in [4.78, 5) is 4.06. The van der Waals surface area contributed by atoms with E-state index in [1.807, 2.05) is 29.9 Å². The van der Waals surface area contributed by atoms with E-state index in [0.29, 0.717) is 6.61 Å². The summed E-state index contributed by atoms with van der Waals surface area (Å²) in [6.07, 6.45) is 3.60. The summed E-state index contributed by atoms with van der Waals surface area (Å²) in [6, 6.07) is 6.10. The first-order valence-corrected chi connectivity index (χ1v) is 5.32. The molecular weight excluding hydrogens is 200 g/mol. The van der Waals surface area contributed by atoms with Crippen LogP contribution in [0.15, 0.2) is 30.7 Å². The van der Waals surface area contributed by atoms with Crippen LogP contribution in [0.25, 0.3) is 0 Å². The number of imidazole rings is 1. The predicted molar refractivity (Wildman–Crippen MR) is 63.5 cm³/mol. The van der Waals surface area contributed by atoms with Crippen LogP contribution in [0.5, 0.6) is 5.75 Å². The zero-order chi connectivity index (χ0) is 11.5. The van der Waals surface area contributed by atoms with Crippen LogP contribution in [0.2, 0.25) is 0 Å². The van der Waals surface area contributed by atoms with Crippen molar-refractivity contribution in [2.75, 3.05) is 0 Å². The Morgan fingerprint density at radius 2 is 2.12 bits per heavy atom. The van der Waals surface area contributed by atoms with E-state index >= 15 is 0 Å². The number of hydrogen-bond donors (Lipinski definition) is 0. The van der Waals surface area contributed by atoms with Gasteiger partial charge in [-0.1, -0.05) is 12.1 Å². The quantitative estimate of drug-likeness (QED) is 0.788. The van der Waals surface area contributed by atoms with Crippen molar-refractivity contribution < 1.29 is 4.74 Å². The Morgan fingerprint density at radius 3 is 2.81 bits per heavy atom. The van der Waals surface area contributed by atoms with Crippen molar-refractivity contribution >= 4 is 0 Å². The lowest BCUT2D eigenvalue weighted by Crippen LogP contribution is -2.02. The van der Waals surface area contributed by atoms with Crippen LogP contribution in [0, 0.1) is 13.8 Å². The molecule has 0 spiro atoms. The molecule has 0 aliphatic rings. The third-order valence-corrected chi connectivity index (χ3v) is 2.85. The number of ether oxygens (including phenoxy) is 1. The smallest absolute Gasteiger partial charge is 0.130 e. The molecule has 0 unspecified atom stereocenters. The van der Waals surface area contributed by atoms with Crippen LogP contribution in [0.1, 0.15) is 16.8 Å². The van der Waals surface area contributed by atoms with Crippen molar-refractivity contribution in [3.05, 3.63) is 47.5 Å². The van der Waals surface area contributed by atoms with Gasteiger partial charge in [0, 0.05) is 7.05 Å². The highest BCUT2D eigenvalue weighted by atomic mass is 16.5. The minimum Gasteiger partial charge on any atom is -0.487 e. The highest BCUT2D eigenvalue weighted by molar-refractivity contribution is 5.38. The molecule has 0 N–H and O–H groups in total. The molecule has 3 nitrogen and oxygen atoms in total.